The molecule has 0 aromatic carbocycles. The first-order valence-electron chi connectivity index (χ1n) is 15.2. The Labute approximate surface area is 251 Å². The molecule has 0 aromatic heterocycles. The number of aliphatic hydroxyl groups is 8. The minimum atomic E-state index is -1.59. The van der Waals surface area contributed by atoms with Crippen LogP contribution in [0, 0.1) is 11.8 Å². The maximum atomic E-state index is 11.8. The van der Waals surface area contributed by atoms with Crippen LogP contribution in [0.4, 0.5) is 0 Å². The van der Waals surface area contributed by atoms with Crippen molar-refractivity contribution < 1.29 is 55.1 Å². The molecule has 16 nitrogen and oxygen atoms in total. The second kappa shape index (κ2) is 14.8. The third-order valence-corrected chi connectivity index (χ3v) is 9.65. The van der Waals surface area contributed by atoms with Crippen LogP contribution in [0.5, 0.6) is 0 Å². The first-order chi connectivity index (χ1) is 20.3. The highest BCUT2D eigenvalue weighted by Gasteiger charge is 2.56. The average molecular weight is 624 g/mol. The summed E-state index contributed by atoms with van der Waals surface area (Å²) in [6.07, 6.45) is -10.0. The summed E-state index contributed by atoms with van der Waals surface area (Å²) in [5.74, 6) is -0.596. The van der Waals surface area contributed by atoms with Crippen LogP contribution in [0.1, 0.15) is 26.2 Å². The average Bonchev–Trinajstić information content (AvgIpc) is 2.94. The first-order valence-corrected chi connectivity index (χ1v) is 15.2. The number of rotatable bonds is 12. The summed E-state index contributed by atoms with van der Waals surface area (Å²) in [4.78, 5) is 0. The number of hydrogen-bond donors (Lipinski definition) is 13. The fraction of sp³-hybridized carbons (Fsp3) is 1.00. The maximum absolute atomic E-state index is 11.8. The number of ether oxygens (including phenoxy) is 3. The van der Waals surface area contributed by atoms with E-state index in [1.165, 1.54) is 6.92 Å². The predicted octanol–water partition coefficient (Wildman–Crippen LogP) is -6.38. The topological polar surface area (TPSA) is 278 Å². The third kappa shape index (κ3) is 7.68. The summed E-state index contributed by atoms with van der Waals surface area (Å²) in [7, 11) is 1.57. The van der Waals surface area contributed by atoms with Crippen LogP contribution < -0.4 is 27.4 Å². The van der Waals surface area contributed by atoms with Crippen LogP contribution in [-0.2, 0) is 14.2 Å². The minimum absolute atomic E-state index is 0.120. The van der Waals surface area contributed by atoms with Gasteiger partial charge in [0, 0.05) is 30.6 Å². The van der Waals surface area contributed by atoms with Gasteiger partial charge in [-0.15, -0.1) is 0 Å². The Morgan fingerprint density at radius 3 is 2.21 bits per heavy atom. The highest BCUT2D eigenvalue weighted by molar-refractivity contribution is 5.07. The van der Waals surface area contributed by atoms with Gasteiger partial charge in [0.2, 0.25) is 0 Å². The van der Waals surface area contributed by atoms with E-state index < -0.39 is 104 Å². The summed E-state index contributed by atoms with van der Waals surface area (Å²) in [6.45, 7) is 1.31. The van der Waals surface area contributed by atoms with Gasteiger partial charge in [-0.05, 0) is 45.7 Å². The number of aliphatic hydroxyl groups excluding tert-OH is 7. The van der Waals surface area contributed by atoms with Crippen molar-refractivity contribution in [2.45, 2.75) is 117 Å². The standard InChI is InChI=1S/C27H53N5O11/c1-27(40)10-41-26(22(39)25(27)30-2)43-23-15(32-13(8-33)9-34)5-14(29)17(19(23)36)24-21(38)20(37)18(35)16(42-24)7-31-6-11-3-12(28)4-11/h11-26,30-40H,3-10,28-29H2,1-2H3/t11?,12?,14-,15+,16+,17?,18+,19-,20-,21+,22+,23-,24+,25+,26+,27-/m0/s1. The Hall–Kier alpha value is -0.640. The molecule has 0 radical (unpaired) electrons. The molecule has 0 spiro atoms. The van der Waals surface area contributed by atoms with Crippen molar-refractivity contribution in [1.82, 2.24) is 16.0 Å². The van der Waals surface area contributed by atoms with Gasteiger partial charge in [0.25, 0.3) is 0 Å². The van der Waals surface area contributed by atoms with Crippen molar-refractivity contribution in [1.29, 1.82) is 0 Å². The number of hydrogen-bond acceptors (Lipinski definition) is 16. The SMILES string of the molecule is CN[C@@H]1[C@@H](O)[C@@H](O[C@H]2[C@H](NC(CO)CO)C[C@H](N)C([C@H]3O[C@H](CNCC4CC(N)C4)[C@@H](O)[C@H](O)[C@H]3O)[C@@H]2O)OC[C@]1(C)O. The highest BCUT2D eigenvalue weighted by Crippen LogP contribution is 2.37. The molecule has 15 N–H and O–H groups in total. The quantitative estimate of drug-likeness (QED) is 0.0962. The lowest BCUT2D eigenvalue weighted by molar-refractivity contribution is -0.304. The van der Waals surface area contributed by atoms with Gasteiger partial charge in [0.1, 0.15) is 36.1 Å². The molecule has 4 fully saturated rings. The molecule has 43 heavy (non-hydrogen) atoms. The number of likely N-dealkylation sites (N-methyl/N-ethyl adjacent to an activating group) is 1. The molecule has 0 amide bonds. The zero-order valence-electron chi connectivity index (χ0n) is 24.9. The predicted molar refractivity (Wildman–Crippen MR) is 151 cm³/mol. The molecule has 4 rings (SSSR count). The van der Waals surface area contributed by atoms with Crippen LogP contribution >= 0.6 is 0 Å². The smallest absolute Gasteiger partial charge is 0.185 e. The van der Waals surface area contributed by atoms with Crippen LogP contribution in [0.2, 0.25) is 0 Å². The lowest BCUT2D eigenvalue weighted by Gasteiger charge is -2.52. The second-order valence-electron chi connectivity index (χ2n) is 13.1. The molecule has 2 aliphatic carbocycles. The monoisotopic (exact) mass is 623 g/mol. The third-order valence-electron chi connectivity index (χ3n) is 9.65. The fourth-order valence-corrected chi connectivity index (χ4v) is 7.11. The zero-order valence-corrected chi connectivity index (χ0v) is 24.9. The van der Waals surface area contributed by atoms with Crippen molar-refractivity contribution in [3.8, 4) is 0 Å². The van der Waals surface area contributed by atoms with Gasteiger partial charge in [-0.1, -0.05) is 0 Å². The van der Waals surface area contributed by atoms with Gasteiger partial charge >= 0.3 is 0 Å². The maximum Gasteiger partial charge on any atom is 0.185 e. The minimum Gasteiger partial charge on any atom is -0.395 e. The molecule has 2 aliphatic heterocycles. The summed E-state index contributed by atoms with van der Waals surface area (Å²) in [5.41, 5.74) is 11.0. The van der Waals surface area contributed by atoms with Gasteiger partial charge in [-0.3, -0.25) is 0 Å². The van der Waals surface area contributed by atoms with E-state index in [4.69, 9.17) is 25.7 Å². The Morgan fingerprint density at radius 2 is 1.60 bits per heavy atom. The molecule has 0 bridgehead atoms. The molecule has 14 atom stereocenters. The van der Waals surface area contributed by atoms with Crippen molar-refractivity contribution in [2.24, 2.45) is 23.3 Å². The van der Waals surface area contributed by atoms with Crippen molar-refractivity contribution in [3.05, 3.63) is 0 Å². The normalized spacial score (nSPS) is 49.2. The molecule has 2 saturated carbocycles. The van der Waals surface area contributed by atoms with Crippen LogP contribution in [0.3, 0.4) is 0 Å². The van der Waals surface area contributed by atoms with Crippen molar-refractivity contribution >= 4 is 0 Å². The van der Waals surface area contributed by atoms with Gasteiger partial charge in [-0.2, -0.15) is 0 Å². The van der Waals surface area contributed by atoms with Crippen LogP contribution in [0.15, 0.2) is 0 Å². The van der Waals surface area contributed by atoms with E-state index >= 15 is 0 Å². The van der Waals surface area contributed by atoms with E-state index in [1.807, 2.05) is 0 Å². The molecular formula is C27H53N5O11. The van der Waals surface area contributed by atoms with Gasteiger partial charge in [-0.25, -0.2) is 0 Å². The van der Waals surface area contributed by atoms with E-state index in [2.05, 4.69) is 16.0 Å². The summed E-state index contributed by atoms with van der Waals surface area (Å²) >= 11 is 0. The summed E-state index contributed by atoms with van der Waals surface area (Å²) in [6, 6.07) is -2.98. The molecule has 0 aromatic rings. The zero-order chi connectivity index (χ0) is 31.6. The van der Waals surface area contributed by atoms with E-state index in [-0.39, 0.29) is 25.6 Å². The largest absolute Gasteiger partial charge is 0.395 e. The van der Waals surface area contributed by atoms with E-state index in [0.29, 0.717) is 12.5 Å². The Kier molecular flexibility index (Phi) is 12.2. The number of nitrogens with one attached hydrogen (secondary N) is 3. The van der Waals surface area contributed by atoms with E-state index in [9.17, 15) is 40.9 Å². The fourth-order valence-electron chi connectivity index (χ4n) is 7.11. The lowest BCUT2D eigenvalue weighted by atomic mass is 9.72. The van der Waals surface area contributed by atoms with E-state index in [1.54, 1.807) is 7.05 Å². The van der Waals surface area contributed by atoms with Crippen molar-refractivity contribution in [2.75, 3.05) is 40.0 Å². The van der Waals surface area contributed by atoms with Crippen LogP contribution in [0.25, 0.3) is 0 Å². The molecule has 4 aliphatic rings. The Bertz CT molecular complexity index is 869. The van der Waals surface area contributed by atoms with Gasteiger partial charge < -0.3 is 82.5 Å². The highest BCUT2D eigenvalue weighted by atomic mass is 16.7. The van der Waals surface area contributed by atoms with Gasteiger partial charge in [0.05, 0.1) is 50.2 Å². The Balaban J connectivity index is 1.53. The Morgan fingerprint density at radius 1 is 0.930 bits per heavy atom. The van der Waals surface area contributed by atoms with Crippen LogP contribution in [-0.4, -0.2) is 172 Å². The summed E-state index contributed by atoms with van der Waals surface area (Å²) < 4.78 is 17.9. The lowest BCUT2D eigenvalue weighted by Crippen LogP contribution is -2.71. The molecule has 16 heteroatoms. The molecule has 2 heterocycles. The van der Waals surface area contributed by atoms with Crippen molar-refractivity contribution in [3.63, 3.8) is 0 Å². The van der Waals surface area contributed by atoms with Gasteiger partial charge in [0.15, 0.2) is 6.29 Å². The first kappa shape index (κ1) is 35.2. The molecular weight excluding hydrogens is 570 g/mol. The molecule has 2 saturated heterocycles. The number of nitrogens with two attached hydrogens (primary N) is 2. The second-order valence-corrected chi connectivity index (χ2v) is 13.1. The molecule has 1 unspecified atom stereocenters. The van der Waals surface area contributed by atoms with E-state index in [0.717, 1.165) is 12.8 Å². The summed E-state index contributed by atoms with van der Waals surface area (Å²) in [5, 5.41) is 94.4. The molecule has 252 valence electrons.